The molecule has 0 spiro atoms. The summed E-state index contributed by atoms with van der Waals surface area (Å²) in [4.78, 5) is 6.29. The van der Waals surface area contributed by atoms with Crippen LogP contribution in [0, 0.1) is 0 Å². The van der Waals surface area contributed by atoms with Crippen LogP contribution in [-0.4, -0.2) is 48.2 Å². The standard InChI is InChI=1S/C15H19N5O2S/c1-20(13-7-8-23(21,22)11-13)14-10-17-19-15(18-14)16-9-12-5-3-2-4-6-12/h2-6,10,13H,7-9,11H2,1H3,(H,16,18,19). The van der Waals surface area contributed by atoms with E-state index in [0.29, 0.717) is 24.7 Å². The van der Waals surface area contributed by atoms with Gasteiger partial charge in [0.25, 0.3) is 0 Å². The summed E-state index contributed by atoms with van der Waals surface area (Å²) in [6, 6.07) is 9.88. The Morgan fingerprint density at radius 3 is 2.78 bits per heavy atom. The lowest BCUT2D eigenvalue weighted by Crippen LogP contribution is -2.33. The van der Waals surface area contributed by atoms with Crippen molar-refractivity contribution in [2.24, 2.45) is 0 Å². The molecule has 1 atom stereocenters. The van der Waals surface area contributed by atoms with Crippen molar-refractivity contribution in [2.45, 2.75) is 19.0 Å². The minimum absolute atomic E-state index is 0.0568. The second-order valence-electron chi connectivity index (χ2n) is 5.65. The van der Waals surface area contributed by atoms with Crippen molar-refractivity contribution in [3.63, 3.8) is 0 Å². The van der Waals surface area contributed by atoms with E-state index >= 15 is 0 Å². The summed E-state index contributed by atoms with van der Waals surface area (Å²) >= 11 is 0. The monoisotopic (exact) mass is 333 g/mol. The van der Waals surface area contributed by atoms with Crippen LogP contribution in [0.3, 0.4) is 0 Å². The Hall–Kier alpha value is -2.22. The van der Waals surface area contributed by atoms with Gasteiger partial charge in [-0.2, -0.15) is 10.1 Å². The first-order valence-electron chi connectivity index (χ1n) is 7.44. The van der Waals surface area contributed by atoms with Crippen LogP contribution in [0.15, 0.2) is 36.5 Å². The van der Waals surface area contributed by atoms with E-state index in [1.807, 2.05) is 42.3 Å². The molecule has 0 bridgehead atoms. The Balaban J connectivity index is 1.67. The molecule has 1 N–H and O–H groups in total. The summed E-state index contributed by atoms with van der Waals surface area (Å²) in [6.07, 6.45) is 2.17. The molecule has 122 valence electrons. The summed E-state index contributed by atoms with van der Waals surface area (Å²) in [5.74, 6) is 1.46. The third-order valence-corrected chi connectivity index (χ3v) is 5.71. The maximum Gasteiger partial charge on any atom is 0.244 e. The zero-order valence-corrected chi connectivity index (χ0v) is 13.7. The molecule has 0 radical (unpaired) electrons. The Morgan fingerprint density at radius 2 is 2.09 bits per heavy atom. The Bertz CT molecular complexity index is 766. The molecule has 8 heteroatoms. The lowest BCUT2D eigenvalue weighted by Gasteiger charge is -2.24. The number of aromatic nitrogens is 3. The van der Waals surface area contributed by atoms with Gasteiger partial charge in [0.2, 0.25) is 5.95 Å². The fraction of sp³-hybridized carbons (Fsp3) is 0.400. The molecule has 0 saturated carbocycles. The van der Waals surface area contributed by atoms with Gasteiger partial charge >= 0.3 is 0 Å². The highest BCUT2D eigenvalue weighted by Crippen LogP contribution is 2.21. The minimum Gasteiger partial charge on any atom is -0.354 e. The van der Waals surface area contributed by atoms with Crippen LogP contribution in [0.5, 0.6) is 0 Å². The number of anilines is 2. The fourth-order valence-corrected chi connectivity index (χ4v) is 4.36. The predicted molar refractivity (Wildman–Crippen MR) is 89.1 cm³/mol. The molecule has 1 saturated heterocycles. The zero-order chi connectivity index (χ0) is 16.3. The second kappa shape index (κ2) is 6.49. The molecule has 0 amide bonds. The maximum atomic E-state index is 11.6. The van der Waals surface area contributed by atoms with E-state index in [-0.39, 0.29) is 17.5 Å². The summed E-state index contributed by atoms with van der Waals surface area (Å²) in [5, 5.41) is 11.1. The van der Waals surface area contributed by atoms with Gasteiger partial charge in [0, 0.05) is 19.6 Å². The third kappa shape index (κ3) is 3.95. The number of hydrogen-bond acceptors (Lipinski definition) is 7. The van der Waals surface area contributed by atoms with Gasteiger partial charge in [-0.15, -0.1) is 5.10 Å². The van der Waals surface area contributed by atoms with E-state index in [1.165, 1.54) is 0 Å². The largest absolute Gasteiger partial charge is 0.354 e. The van der Waals surface area contributed by atoms with E-state index < -0.39 is 9.84 Å². The van der Waals surface area contributed by atoms with Gasteiger partial charge in [-0.25, -0.2) is 8.42 Å². The normalized spacial score (nSPS) is 19.4. The zero-order valence-electron chi connectivity index (χ0n) is 12.9. The molecule has 3 rings (SSSR count). The quantitative estimate of drug-likeness (QED) is 0.876. The molecule has 1 unspecified atom stereocenters. The van der Waals surface area contributed by atoms with Gasteiger partial charge in [-0.1, -0.05) is 30.3 Å². The lowest BCUT2D eigenvalue weighted by atomic mass is 10.2. The molecule has 1 aromatic heterocycles. The first kappa shape index (κ1) is 15.7. The molecular formula is C15H19N5O2S. The van der Waals surface area contributed by atoms with Gasteiger partial charge in [-0.05, 0) is 12.0 Å². The van der Waals surface area contributed by atoms with Crippen LogP contribution < -0.4 is 10.2 Å². The van der Waals surface area contributed by atoms with Crippen molar-refractivity contribution in [3.8, 4) is 0 Å². The average molecular weight is 333 g/mol. The van der Waals surface area contributed by atoms with E-state index in [4.69, 9.17) is 0 Å². The summed E-state index contributed by atoms with van der Waals surface area (Å²) in [6.45, 7) is 0.605. The maximum absolute atomic E-state index is 11.6. The van der Waals surface area contributed by atoms with E-state index in [9.17, 15) is 8.42 Å². The van der Waals surface area contributed by atoms with E-state index in [2.05, 4.69) is 20.5 Å². The first-order valence-corrected chi connectivity index (χ1v) is 9.26. The number of hydrogen-bond donors (Lipinski definition) is 1. The van der Waals surface area contributed by atoms with Crippen molar-refractivity contribution in [3.05, 3.63) is 42.1 Å². The van der Waals surface area contributed by atoms with Gasteiger partial charge in [-0.3, -0.25) is 0 Å². The van der Waals surface area contributed by atoms with Crippen molar-refractivity contribution in [2.75, 3.05) is 28.8 Å². The predicted octanol–water partition coefficient (Wildman–Crippen LogP) is 1.11. The molecule has 1 aliphatic heterocycles. The topological polar surface area (TPSA) is 88.1 Å². The van der Waals surface area contributed by atoms with E-state index in [0.717, 1.165) is 5.56 Å². The molecule has 1 aliphatic rings. The number of nitrogens with one attached hydrogen (secondary N) is 1. The number of benzene rings is 1. The van der Waals surface area contributed by atoms with Crippen LogP contribution in [0.4, 0.5) is 11.8 Å². The minimum atomic E-state index is -2.93. The van der Waals surface area contributed by atoms with Crippen molar-refractivity contribution in [1.29, 1.82) is 0 Å². The lowest BCUT2D eigenvalue weighted by molar-refractivity contribution is 0.600. The fourth-order valence-electron chi connectivity index (χ4n) is 2.58. The molecule has 1 aromatic carbocycles. The van der Waals surface area contributed by atoms with Crippen LogP contribution in [0.2, 0.25) is 0 Å². The van der Waals surface area contributed by atoms with Gasteiger partial charge < -0.3 is 10.2 Å². The van der Waals surface area contributed by atoms with Gasteiger partial charge in [0.05, 0.1) is 17.7 Å². The van der Waals surface area contributed by atoms with Gasteiger partial charge in [0.15, 0.2) is 15.7 Å². The third-order valence-electron chi connectivity index (χ3n) is 3.96. The summed E-state index contributed by atoms with van der Waals surface area (Å²) in [5.41, 5.74) is 1.12. The smallest absolute Gasteiger partial charge is 0.244 e. The molecule has 1 fully saturated rings. The van der Waals surface area contributed by atoms with Crippen LogP contribution >= 0.6 is 0 Å². The number of sulfone groups is 1. The van der Waals surface area contributed by atoms with Crippen LogP contribution in [0.1, 0.15) is 12.0 Å². The molecule has 0 aliphatic carbocycles. The molecule has 2 aromatic rings. The highest BCUT2D eigenvalue weighted by molar-refractivity contribution is 7.91. The average Bonchev–Trinajstić information content (AvgIpc) is 2.93. The van der Waals surface area contributed by atoms with E-state index in [1.54, 1.807) is 6.20 Å². The molecule has 7 nitrogen and oxygen atoms in total. The second-order valence-corrected chi connectivity index (χ2v) is 7.87. The number of nitrogens with zero attached hydrogens (tertiary/aromatic N) is 4. The first-order chi connectivity index (χ1) is 11.0. The van der Waals surface area contributed by atoms with Crippen LogP contribution in [-0.2, 0) is 16.4 Å². The Labute approximate surface area is 135 Å². The van der Waals surface area contributed by atoms with Crippen LogP contribution in [0.25, 0.3) is 0 Å². The number of rotatable bonds is 5. The van der Waals surface area contributed by atoms with Crippen molar-refractivity contribution < 1.29 is 8.42 Å². The Morgan fingerprint density at radius 1 is 1.30 bits per heavy atom. The van der Waals surface area contributed by atoms with Crippen molar-refractivity contribution >= 4 is 21.6 Å². The Kier molecular flexibility index (Phi) is 4.42. The summed E-state index contributed by atoms with van der Waals surface area (Å²) < 4.78 is 23.2. The highest BCUT2D eigenvalue weighted by Gasteiger charge is 2.31. The highest BCUT2D eigenvalue weighted by atomic mass is 32.2. The molecule has 23 heavy (non-hydrogen) atoms. The van der Waals surface area contributed by atoms with Crippen molar-refractivity contribution in [1.82, 2.24) is 15.2 Å². The molecule has 2 heterocycles. The molecular weight excluding hydrogens is 314 g/mol. The summed E-state index contributed by atoms with van der Waals surface area (Å²) in [7, 11) is -1.08. The van der Waals surface area contributed by atoms with Gasteiger partial charge in [0.1, 0.15) is 0 Å². The SMILES string of the molecule is CN(c1cnnc(NCc2ccccc2)n1)C1CCS(=O)(=O)C1.